The monoisotopic (exact) mass is 270 g/mol. The van der Waals surface area contributed by atoms with E-state index < -0.39 is 0 Å². The van der Waals surface area contributed by atoms with Gasteiger partial charge in [0.2, 0.25) is 5.91 Å². The second kappa shape index (κ2) is 5.07. The number of nitrogens with one attached hydrogen (secondary N) is 1. The summed E-state index contributed by atoms with van der Waals surface area (Å²) in [6.07, 6.45) is 5.49. The van der Waals surface area contributed by atoms with Gasteiger partial charge in [-0.25, -0.2) is 9.97 Å². The zero-order chi connectivity index (χ0) is 14.1. The van der Waals surface area contributed by atoms with Gasteiger partial charge in [-0.15, -0.1) is 0 Å². The molecule has 104 valence electrons. The number of carbonyl (C=O) groups excluding carboxylic acids is 1. The Morgan fingerprint density at radius 2 is 2.35 bits per heavy atom. The van der Waals surface area contributed by atoms with E-state index in [0.29, 0.717) is 0 Å². The van der Waals surface area contributed by atoms with Crippen molar-refractivity contribution in [1.29, 1.82) is 0 Å². The average molecular weight is 270 g/mol. The van der Waals surface area contributed by atoms with Gasteiger partial charge in [-0.1, -0.05) is 6.58 Å². The van der Waals surface area contributed by atoms with Gasteiger partial charge in [0, 0.05) is 37.5 Å². The van der Waals surface area contributed by atoms with Gasteiger partial charge in [-0.2, -0.15) is 0 Å². The highest BCUT2D eigenvalue weighted by atomic mass is 16.2. The largest absolute Gasteiger partial charge is 0.346 e. The molecule has 2 aromatic heterocycles. The van der Waals surface area contributed by atoms with E-state index in [1.165, 1.54) is 0 Å². The van der Waals surface area contributed by atoms with Crippen molar-refractivity contribution in [3.8, 4) is 0 Å². The Morgan fingerprint density at radius 3 is 3.15 bits per heavy atom. The molecule has 1 amide bonds. The molecule has 1 atom stereocenters. The van der Waals surface area contributed by atoms with Crippen molar-refractivity contribution in [2.24, 2.45) is 5.92 Å². The fraction of sp³-hybridized carbons (Fsp3) is 0.400. The van der Waals surface area contributed by atoms with Crippen molar-refractivity contribution in [1.82, 2.24) is 19.9 Å². The predicted molar refractivity (Wildman–Crippen MR) is 77.9 cm³/mol. The first-order valence-electron chi connectivity index (χ1n) is 6.89. The maximum atomic E-state index is 11.5. The molecule has 0 bridgehead atoms. The Hall–Kier alpha value is -2.17. The van der Waals surface area contributed by atoms with Gasteiger partial charge in [0.15, 0.2) is 0 Å². The molecule has 5 heteroatoms. The predicted octanol–water partition coefficient (Wildman–Crippen LogP) is 2.23. The van der Waals surface area contributed by atoms with E-state index in [2.05, 4.69) is 21.5 Å². The van der Waals surface area contributed by atoms with Crippen LogP contribution in [0.1, 0.15) is 25.5 Å². The third-order valence-electron chi connectivity index (χ3n) is 4.02. The summed E-state index contributed by atoms with van der Waals surface area (Å²) in [4.78, 5) is 25.1. The number of rotatable bonds is 2. The van der Waals surface area contributed by atoms with E-state index in [9.17, 15) is 4.79 Å². The van der Waals surface area contributed by atoms with Gasteiger partial charge in [0.1, 0.15) is 12.0 Å². The fourth-order valence-corrected chi connectivity index (χ4v) is 2.87. The molecule has 2 aromatic rings. The van der Waals surface area contributed by atoms with E-state index in [0.717, 1.165) is 48.2 Å². The molecule has 0 radical (unpaired) electrons. The van der Waals surface area contributed by atoms with Crippen LogP contribution in [0.5, 0.6) is 0 Å². The lowest BCUT2D eigenvalue weighted by molar-refractivity contribution is -0.130. The van der Waals surface area contributed by atoms with Gasteiger partial charge in [0.25, 0.3) is 0 Å². The van der Waals surface area contributed by atoms with E-state index in [1.54, 1.807) is 13.3 Å². The Balaban J connectivity index is 1.88. The topological polar surface area (TPSA) is 61.9 Å². The molecule has 1 aliphatic rings. The molecule has 3 rings (SSSR count). The number of carbonyl (C=O) groups is 1. The van der Waals surface area contributed by atoms with Crippen LogP contribution in [0, 0.1) is 5.92 Å². The highest BCUT2D eigenvalue weighted by Crippen LogP contribution is 2.31. The number of hydrogen-bond acceptors (Lipinski definition) is 3. The van der Waals surface area contributed by atoms with E-state index >= 15 is 0 Å². The molecule has 3 heterocycles. The molecule has 20 heavy (non-hydrogen) atoms. The number of H-pyrrole nitrogens is 1. The van der Waals surface area contributed by atoms with Crippen LogP contribution in [0.25, 0.3) is 16.6 Å². The Kier molecular flexibility index (Phi) is 3.26. The molecule has 0 spiro atoms. The minimum atomic E-state index is 0.136. The summed E-state index contributed by atoms with van der Waals surface area (Å²) in [5, 5.41) is 0.998. The third-order valence-corrected chi connectivity index (χ3v) is 4.02. The van der Waals surface area contributed by atoms with E-state index in [-0.39, 0.29) is 11.8 Å². The summed E-state index contributed by atoms with van der Waals surface area (Å²) in [6, 6.07) is 1.97. The Labute approximate surface area is 117 Å². The molecule has 1 aliphatic heterocycles. The minimum absolute atomic E-state index is 0.136. The van der Waals surface area contributed by atoms with Crippen LogP contribution in [0.2, 0.25) is 0 Å². The van der Waals surface area contributed by atoms with Gasteiger partial charge in [-0.05, 0) is 24.5 Å². The molecule has 1 saturated heterocycles. The minimum Gasteiger partial charge on any atom is -0.346 e. The zero-order valence-electron chi connectivity index (χ0n) is 11.6. The highest BCUT2D eigenvalue weighted by Gasteiger charge is 2.25. The number of aromatic amines is 1. The SMILES string of the molecule is C=C(c1ncnc2[nH]ccc12)C1CCCN(C(C)=O)C1. The standard InChI is InChI=1S/C15H18N4O/c1-10(12-4-3-7-19(8-12)11(2)20)14-13-5-6-16-15(13)18-9-17-14/h5-6,9,12H,1,3-4,7-8H2,2H3,(H,16,17,18). The fourth-order valence-electron chi connectivity index (χ4n) is 2.87. The highest BCUT2D eigenvalue weighted by molar-refractivity contribution is 5.88. The van der Waals surface area contributed by atoms with Crippen molar-refractivity contribution < 1.29 is 4.79 Å². The summed E-state index contributed by atoms with van der Waals surface area (Å²) in [6.45, 7) is 7.44. The van der Waals surface area contributed by atoms with Crippen LogP contribution in [-0.4, -0.2) is 38.8 Å². The third kappa shape index (κ3) is 2.19. The molecule has 0 aromatic carbocycles. The number of likely N-dealkylation sites (tertiary alicyclic amines) is 1. The van der Waals surface area contributed by atoms with Crippen LogP contribution in [0.4, 0.5) is 0 Å². The summed E-state index contributed by atoms with van der Waals surface area (Å²) in [5.41, 5.74) is 2.73. The summed E-state index contributed by atoms with van der Waals surface area (Å²) < 4.78 is 0. The molecular weight excluding hydrogens is 252 g/mol. The van der Waals surface area contributed by atoms with Crippen molar-refractivity contribution in [3.63, 3.8) is 0 Å². The van der Waals surface area contributed by atoms with Crippen molar-refractivity contribution in [2.75, 3.05) is 13.1 Å². The second-order valence-electron chi connectivity index (χ2n) is 5.29. The van der Waals surface area contributed by atoms with Crippen LogP contribution in [0.3, 0.4) is 0 Å². The molecule has 1 N–H and O–H groups in total. The van der Waals surface area contributed by atoms with Gasteiger partial charge in [-0.3, -0.25) is 4.79 Å². The lowest BCUT2D eigenvalue weighted by Gasteiger charge is -2.33. The van der Waals surface area contributed by atoms with Crippen LogP contribution < -0.4 is 0 Å². The van der Waals surface area contributed by atoms with Crippen LogP contribution in [0.15, 0.2) is 25.2 Å². The van der Waals surface area contributed by atoms with Crippen molar-refractivity contribution in [2.45, 2.75) is 19.8 Å². The lowest BCUT2D eigenvalue weighted by Crippen LogP contribution is -2.38. The average Bonchev–Trinajstić information content (AvgIpc) is 2.95. The van der Waals surface area contributed by atoms with Crippen LogP contribution in [-0.2, 0) is 4.79 Å². The summed E-state index contributed by atoms with van der Waals surface area (Å²) in [7, 11) is 0. The van der Waals surface area contributed by atoms with E-state index in [1.807, 2.05) is 17.2 Å². The van der Waals surface area contributed by atoms with Gasteiger partial charge in [0.05, 0.1) is 5.69 Å². The molecule has 5 nitrogen and oxygen atoms in total. The smallest absolute Gasteiger partial charge is 0.219 e. The Morgan fingerprint density at radius 1 is 1.50 bits per heavy atom. The van der Waals surface area contributed by atoms with Gasteiger partial charge < -0.3 is 9.88 Å². The molecule has 1 fully saturated rings. The van der Waals surface area contributed by atoms with Crippen LogP contribution >= 0.6 is 0 Å². The normalized spacial score (nSPS) is 19.2. The van der Waals surface area contributed by atoms with Gasteiger partial charge >= 0.3 is 0 Å². The quantitative estimate of drug-likeness (QED) is 0.910. The van der Waals surface area contributed by atoms with E-state index in [4.69, 9.17) is 0 Å². The molecule has 0 aliphatic carbocycles. The molecule has 0 saturated carbocycles. The zero-order valence-corrected chi connectivity index (χ0v) is 11.6. The number of hydrogen-bond donors (Lipinski definition) is 1. The lowest BCUT2D eigenvalue weighted by atomic mass is 9.88. The number of fused-ring (bicyclic) bond motifs is 1. The first-order chi connectivity index (χ1) is 9.66. The summed E-state index contributed by atoms with van der Waals surface area (Å²) in [5.74, 6) is 0.414. The summed E-state index contributed by atoms with van der Waals surface area (Å²) >= 11 is 0. The van der Waals surface area contributed by atoms with Crippen molar-refractivity contribution >= 4 is 22.5 Å². The second-order valence-corrected chi connectivity index (χ2v) is 5.29. The van der Waals surface area contributed by atoms with Crippen molar-refractivity contribution in [3.05, 3.63) is 30.9 Å². The number of aromatic nitrogens is 3. The maximum absolute atomic E-state index is 11.5. The first kappa shape index (κ1) is 12.8. The molecule has 1 unspecified atom stereocenters. The molecular formula is C15H18N4O. The first-order valence-corrected chi connectivity index (χ1v) is 6.89. The Bertz CT molecular complexity index is 661. The maximum Gasteiger partial charge on any atom is 0.219 e. The number of piperidine rings is 1. The number of nitrogens with zero attached hydrogens (tertiary/aromatic N) is 3. The number of amides is 1.